The van der Waals surface area contributed by atoms with Crippen LogP contribution >= 0.6 is 35.2 Å². The van der Waals surface area contributed by atoms with Crippen LogP contribution in [0.3, 0.4) is 0 Å². The number of nitrogens with zero attached hydrogens (tertiary/aromatic N) is 3. The molecule has 0 radical (unpaired) electrons. The average Bonchev–Trinajstić information content (AvgIpc) is 3.25. The minimum atomic E-state index is -0.961. The molecule has 3 amide bonds. The van der Waals surface area contributed by atoms with Crippen LogP contribution in [0.2, 0.25) is 5.02 Å². The average molecular weight is 539 g/mol. The Labute approximate surface area is 218 Å². The molecular formula is C22H27ClN6O4S2. The lowest BCUT2D eigenvalue weighted by Crippen LogP contribution is -2.53. The van der Waals surface area contributed by atoms with E-state index in [0.717, 1.165) is 30.1 Å². The number of carbonyl (C=O) groups is 3. The lowest BCUT2D eigenvalue weighted by Gasteiger charge is -2.22. The molecule has 1 aliphatic heterocycles. The van der Waals surface area contributed by atoms with E-state index in [1.807, 2.05) is 7.05 Å². The Morgan fingerprint density at radius 1 is 1.34 bits per heavy atom. The van der Waals surface area contributed by atoms with Crippen LogP contribution in [-0.4, -0.2) is 84.9 Å². The van der Waals surface area contributed by atoms with E-state index in [1.165, 1.54) is 23.3 Å². The predicted octanol–water partition coefficient (Wildman–Crippen LogP) is 1.54. The number of fused-ring (bicyclic) bond motifs is 1. The number of thiazole rings is 1. The van der Waals surface area contributed by atoms with Gasteiger partial charge in [-0.15, -0.1) is 11.3 Å². The predicted molar refractivity (Wildman–Crippen MR) is 139 cm³/mol. The molecule has 3 N–H and O–H groups in total. The van der Waals surface area contributed by atoms with Gasteiger partial charge in [0.1, 0.15) is 11.8 Å². The third-order valence-electron chi connectivity index (χ3n) is 5.25. The van der Waals surface area contributed by atoms with E-state index < -0.39 is 17.9 Å². The van der Waals surface area contributed by atoms with Crippen molar-refractivity contribution in [3.05, 3.63) is 38.8 Å². The summed E-state index contributed by atoms with van der Waals surface area (Å²) in [5, 5.41) is 8.88. The number of aromatic nitrogens is 1. The molecule has 1 aromatic heterocycles. The molecule has 0 saturated carbocycles. The Balaban J connectivity index is 1.64. The molecule has 188 valence electrons. The van der Waals surface area contributed by atoms with E-state index in [0.29, 0.717) is 21.5 Å². The number of benzene rings is 1. The maximum absolute atomic E-state index is 12.9. The summed E-state index contributed by atoms with van der Waals surface area (Å²) in [6.45, 7) is 1.54. The number of thiocarbonyl (C=S) groups is 1. The van der Waals surface area contributed by atoms with Gasteiger partial charge in [-0.05, 0) is 19.2 Å². The highest BCUT2D eigenvalue weighted by Gasteiger charge is 2.27. The first kappa shape index (κ1) is 26.8. The van der Waals surface area contributed by atoms with Crippen LogP contribution in [0.5, 0.6) is 5.75 Å². The standard InChI is InChI=1S/C22H27ClN6O4S2/c1-28(2)22(32)15(26-19(31)21-27-14-7-8-29(3)11-17(14)35-21)10-24-20(34)18(30)25-13-6-5-12(23)9-16(13)33-4/h5-6,9,15H,7-8,10-11H2,1-4H3,(H,24,34)(H,25,30)(H,26,31). The highest BCUT2D eigenvalue weighted by Crippen LogP contribution is 2.27. The Bertz CT molecular complexity index is 1140. The second kappa shape index (κ2) is 11.8. The van der Waals surface area contributed by atoms with Crippen molar-refractivity contribution in [3.63, 3.8) is 0 Å². The number of methoxy groups -OCH3 is 1. The molecule has 3 rings (SSSR count). The van der Waals surface area contributed by atoms with Crippen LogP contribution in [0.25, 0.3) is 0 Å². The molecule has 0 fully saturated rings. The topological polar surface area (TPSA) is 116 Å². The number of anilines is 1. The van der Waals surface area contributed by atoms with Gasteiger partial charge in [0.15, 0.2) is 10.00 Å². The monoisotopic (exact) mass is 538 g/mol. The zero-order valence-corrected chi connectivity index (χ0v) is 22.2. The van der Waals surface area contributed by atoms with Crippen molar-refractivity contribution < 1.29 is 19.1 Å². The number of hydrogen-bond acceptors (Lipinski definition) is 8. The number of nitrogens with one attached hydrogen (secondary N) is 3. The molecule has 1 aromatic carbocycles. The van der Waals surface area contributed by atoms with Gasteiger partial charge in [-0.1, -0.05) is 23.8 Å². The van der Waals surface area contributed by atoms with Crippen molar-refractivity contribution >= 4 is 63.6 Å². The molecule has 2 aromatic rings. The van der Waals surface area contributed by atoms with E-state index in [1.54, 1.807) is 32.3 Å². The minimum Gasteiger partial charge on any atom is -0.495 e. The molecule has 1 aliphatic rings. The quantitative estimate of drug-likeness (QED) is 0.455. The van der Waals surface area contributed by atoms with Crippen LogP contribution in [0.4, 0.5) is 5.69 Å². The molecule has 10 nitrogen and oxygen atoms in total. The highest BCUT2D eigenvalue weighted by atomic mass is 35.5. The molecular weight excluding hydrogens is 512 g/mol. The van der Waals surface area contributed by atoms with E-state index in [9.17, 15) is 14.4 Å². The number of likely N-dealkylation sites (N-methyl/N-ethyl adjacent to an activating group) is 2. The largest absolute Gasteiger partial charge is 0.495 e. The number of carbonyl (C=O) groups excluding carboxylic acids is 3. The maximum Gasteiger partial charge on any atom is 0.283 e. The summed E-state index contributed by atoms with van der Waals surface area (Å²) in [5.74, 6) is -1.02. The normalized spacial score (nSPS) is 13.9. The van der Waals surface area contributed by atoms with Gasteiger partial charge in [0.2, 0.25) is 5.91 Å². The number of halogens is 1. The fourth-order valence-electron chi connectivity index (χ4n) is 3.37. The SMILES string of the molecule is COc1cc(Cl)ccc1NC(=O)C(=S)NCC(NC(=O)c1nc2c(s1)CN(C)CC2)C(=O)N(C)C. The third-order valence-corrected chi connectivity index (χ3v) is 6.89. The number of ether oxygens (including phenoxy) is 1. The summed E-state index contributed by atoms with van der Waals surface area (Å²) in [7, 11) is 6.63. The van der Waals surface area contributed by atoms with Gasteiger partial charge in [0.25, 0.3) is 11.8 Å². The Hall–Kier alpha value is -2.80. The summed E-state index contributed by atoms with van der Waals surface area (Å²) in [6.07, 6.45) is 0.777. The Morgan fingerprint density at radius 2 is 2.09 bits per heavy atom. The minimum absolute atomic E-state index is 0.0828. The molecule has 13 heteroatoms. The van der Waals surface area contributed by atoms with Gasteiger partial charge in [0.05, 0.1) is 18.5 Å². The smallest absolute Gasteiger partial charge is 0.283 e. The zero-order chi connectivity index (χ0) is 25.7. The van der Waals surface area contributed by atoms with Gasteiger partial charge >= 0.3 is 0 Å². The van der Waals surface area contributed by atoms with Crippen LogP contribution in [0.1, 0.15) is 20.4 Å². The van der Waals surface area contributed by atoms with Crippen molar-refractivity contribution in [2.24, 2.45) is 0 Å². The first-order valence-corrected chi connectivity index (χ1v) is 12.3. The second-order valence-electron chi connectivity index (χ2n) is 8.14. The lowest BCUT2D eigenvalue weighted by molar-refractivity contribution is -0.130. The second-order valence-corrected chi connectivity index (χ2v) is 10.1. The van der Waals surface area contributed by atoms with Crippen molar-refractivity contribution in [2.75, 3.05) is 46.7 Å². The summed E-state index contributed by atoms with van der Waals surface area (Å²) < 4.78 is 5.22. The van der Waals surface area contributed by atoms with Crippen molar-refractivity contribution in [3.8, 4) is 5.75 Å². The van der Waals surface area contributed by atoms with Gasteiger partial charge in [-0.2, -0.15) is 0 Å². The zero-order valence-electron chi connectivity index (χ0n) is 19.8. The molecule has 0 bridgehead atoms. The number of hydrogen-bond donors (Lipinski definition) is 3. The molecule has 35 heavy (non-hydrogen) atoms. The number of amides is 3. The van der Waals surface area contributed by atoms with Gasteiger partial charge in [0, 0.05) is 56.1 Å². The maximum atomic E-state index is 12.9. The Morgan fingerprint density at radius 3 is 2.77 bits per heavy atom. The fourth-order valence-corrected chi connectivity index (χ4v) is 4.76. The van der Waals surface area contributed by atoms with Crippen LogP contribution in [0.15, 0.2) is 18.2 Å². The van der Waals surface area contributed by atoms with E-state index in [-0.39, 0.29) is 17.4 Å². The van der Waals surface area contributed by atoms with Gasteiger partial charge in [-0.3, -0.25) is 14.4 Å². The summed E-state index contributed by atoms with van der Waals surface area (Å²) in [5.41, 5.74) is 1.31. The third kappa shape index (κ3) is 6.88. The lowest BCUT2D eigenvalue weighted by atomic mass is 10.2. The van der Waals surface area contributed by atoms with Crippen molar-refractivity contribution in [1.82, 2.24) is 25.4 Å². The molecule has 0 aliphatic carbocycles. The molecule has 0 spiro atoms. The molecule has 0 saturated heterocycles. The van der Waals surface area contributed by atoms with E-state index in [4.69, 9.17) is 28.6 Å². The van der Waals surface area contributed by atoms with Gasteiger partial charge in [-0.25, -0.2) is 4.98 Å². The van der Waals surface area contributed by atoms with Crippen molar-refractivity contribution in [2.45, 2.75) is 19.0 Å². The molecule has 1 atom stereocenters. The Kier molecular flexibility index (Phi) is 9.00. The van der Waals surface area contributed by atoms with Crippen molar-refractivity contribution in [1.29, 1.82) is 0 Å². The van der Waals surface area contributed by atoms with Gasteiger partial charge < -0.3 is 30.5 Å². The first-order valence-electron chi connectivity index (χ1n) is 10.7. The van der Waals surface area contributed by atoms with Crippen LogP contribution < -0.4 is 20.7 Å². The van der Waals surface area contributed by atoms with Crippen LogP contribution in [0, 0.1) is 0 Å². The summed E-state index contributed by atoms with van der Waals surface area (Å²) >= 11 is 12.5. The van der Waals surface area contributed by atoms with E-state index in [2.05, 4.69) is 25.8 Å². The fraction of sp³-hybridized carbons (Fsp3) is 0.409. The highest BCUT2D eigenvalue weighted by molar-refractivity contribution is 7.82. The molecule has 2 heterocycles. The first-order chi connectivity index (χ1) is 16.6. The van der Waals surface area contributed by atoms with E-state index >= 15 is 0 Å². The van der Waals surface area contributed by atoms with Crippen LogP contribution in [-0.2, 0) is 22.6 Å². The summed E-state index contributed by atoms with van der Waals surface area (Å²) in [4.78, 5) is 47.0. The number of rotatable bonds is 7. The summed E-state index contributed by atoms with van der Waals surface area (Å²) in [6, 6.07) is 3.79. The molecule has 1 unspecified atom stereocenters.